The quantitative estimate of drug-likeness (QED) is 0.827. The molecule has 1 aliphatic heterocycles. The number of hydrogen-bond donors (Lipinski definition) is 1. The molecular formula is C19H24N4O3. The lowest BCUT2D eigenvalue weighted by Crippen LogP contribution is -2.50. The van der Waals surface area contributed by atoms with Crippen molar-refractivity contribution < 1.29 is 14.4 Å². The van der Waals surface area contributed by atoms with Crippen LogP contribution >= 0.6 is 0 Å². The van der Waals surface area contributed by atoms with E-state index in [1.165, 1.54) is 0 Å². The Morgan fingerprint density at radius 3 is 2.46 bits per heavy atom. The predicted octanol–water partition coefficient (Wildman–Crippen LogP) is 1.15. The van der Waals surface area contributed by atoms with Crippen LogP contribution < -0.4 is 5.32 Å². The van der Waals surface area contributed by atoms with Gasteiger partial charge in [0.05, 0.1) is 11.6 Å². The molecule has 0 aliphatic carbocycles. The second-order valence-electron chi connectivity index (χ2n) is 6.17. The molecule has 0 saturated carbocycles. The molecule has 138 valence electrons. The van der Waals surface area contributed by atoms with Gasteiger partial charge in [-0.1, -0.05) is 6.07 Å². The summed E-state index contributed by atoms with van der Waals surface area (Å²) in [5.74, 6) is -0.131. The number of benzene rings is 1. The summed E-state index contributed by atoms with van der Waals surface area (Å²) in [6.07, 6.45) is 1.23. The Balaban J connectivity index is 1.79. The fraction of sp³-hybridized carbons (Fsp3) is 0.474. The minimum Gasteiger partial charge on any atom is -0.356 e. The average Bonchev–Trinajstić information content (AvgIpc) is 2.67. The fourth-order valence-electron chi connectivity index (χ4n) is 2.91. The summed E-state index contributed by atoms with van der Waals surface area (Å²) in [5.41, 5.74) is 0.947. The van der Waals surface area contributed by atoms with Crippen molar-refractivity contribution in [2.75, 3.05) is 32.7 Å². The van der Waals surface area contributed by atoms with Crippen LogP contribution in [0.15, 0.2) is 24.3 Å². The van der Waals surface area contributed by atoms with Gasteiger partial charge in [-0.2, -0.15) is 5.26 Å². The Morgan fingerprint density at radius 2 is 1.81 bits per heavy atom. The van der Waals surface area contributed by atoms with Crippen LogP contribution in [0.2, 0.25) is 0 Å². The van der Waals surface area contributed by atoms with Crippen LogP contribution in [0.3, 0.4) is 0 Å². The maximum Gasteiger partial charge on any atom is 0.254 e. The molecule has 0 bridgehead atoms. The Morgan fingerprint density at radius 1 is 1.12 bits per heavy atom. The Kier molecular flexibility index (Phi) is 7.15. The van der Waals surface area contributed by atoms with E-state index in [0.717, 1.165) is 0 Å². The number of amides is 3. The highest BCUT2D eigenvalue weighted by Gasteiger charge is 2.24. The van der Waals surface area contributed by atoms with E-state index in [9.17, 15) is 14.4 Å². The van der Waals surface area contributed by atoms with E-state index in [1.54, 1.807) is 34.1 Å². The molecule has 26 heavy (non-hydrogen) atoms. The fourth-order valence-corrected chi connectivity index (χ4v) is 2.91. The molecule has 7 nitrogen and oxygen atoms in total. The molecule has 1 aliphatic rings. The van der Waals surface area contributed by atoms with Crippen molar-refractivity contribution in [3.05, 3.63) is 35.4 Å². The molecule has 7 heteroatoms. The van der Waals surface area contributed by atoms with E-state index in [0.29, 0.717) is 63.1 Å². The van der Waals surface area contributed by atoms with Crippen molar-refractivity contribution in [2.45, 2.75) is 26.2 Å². The second kappa shape index (κ2) is 9.56. The van der Waals surface area contributed by atoms with E-state index in [4.69, 9.17) is 5.26 Å². The van der Waals surface area contributed by atoms with Gasteiger partial charge in [0.2, 0.25) is 11.8 Å². The first-order chi connectivity index (χ1) is 12.5. The molecule has 1 aromatic rings. The van der Waals surface area contributed by atoms with Gasteiger partial charge in [0.1, 0.15) is 0 Å². The average molecular weight is 356 g/mol. The van der Waals surface area contributed by atoms with Gasteiger partial charge in [0.15, 0.2) is 0 Å². The van der Waals surface area contributed by atoms with E-state index >= 15 is 0 Å². The number of nitrogens with one attached hydrogen (secondary N) is 1. The van der Waals surface area contributed by atoms with Crippen molar-refractivity contribution >= 4 is 17.7 Å². The maximum absolute atomic E-state index is 12.5. The normalized spacial score (nSPS) is 13.8. The molecule has 0 atom stereocenters. The van der Waals surface area contributed by atoms with Gasteiger partial charge in [-0.05, 0) is 31.5 Å². The molecule has 1 aromatic carbocycles. The van der Waals surface area contributed by atoms with Gasteiger partial charge in [-0.15, -0.1) is 0 Å². The van der Waals surface area contributed by atoms with Crippen molar-refractivity contribution in [3.63, 3.8) is 0 Å². The van der Waals surface area contributed by atoms with Crippen molar-refractivity contribution in [1.82, 2.24) is 15.1 Å². The van der Waals surface area contributed by atoms with E-state index in [1.807, 2.05) is 13.0 Å². The summed E-state index contributed by atoms with van der Waals surface area (Å²) in [6, 6.07) is 8.67. The lowest BCUT2D eigenvalue weighted by molar-refractivity contribution is -0.132. The first kappa shape index (κ1) is 19.4. The zero-order chi connectivity index (χ0) is 18.9. The van der Waals surface area contributed by atoms with Gasteiger partial charge in [0, 0.05) is 51.1 Å². The molecular weight excluding hydrogens is 332 g/mol. The first-order valence-electron chi connectivity index (χ1n) is 8.89. The van der Waals surface area contributed by atoms with Crippen molar-refractivity contribution in [2.24, 2.45) is 0 Å². The minimum absolute atomic E-state index is 0.0212. The van der Waals surface area contributed by atoms with Crippen LogP contribution in [0.4, 0.5) is 0 Å². The van der Waals surface area contributed by atoms with Crippen LogP contribution in [0.25, 0.3) is 0 Å². The monoisotopic (exact) mass is 356 g/mol. The topological polar surface area (TPSA) is 93.5 Å². The van der Waals surface area contributed by atoms with E-state index in [-0.39, 0.29) is 17.7 Å². The highest BCUT2D eigenvalue weighted by atomic mass is 16.2. The SMILES string of the molecule is CCNC(=O)CCCC(=O)N1CCN(C(=O)c2cccc(C#N)c2)CC1. The van der Waals surface area contributed by atoms with Crippen LogP contribution in [0.1, 0.15) is 42.1 Å². The van der Waals surface area contributed by atoms with Crippen LogP contribution in [0.5, 0.6) is 0 Å². The minimum atomic E-state index is -0.120. The third kappa shape index (κ3) is 5.31. The summed E-state index contributed by atoms with van der Waals surface area (Å²) in [5, 5.41) is 11.7. The third-order valence-corrected chi connectivity index (χ3v) is 4.33. The van der Waals surface area contributed by atoms with Gasteiger partial charge >= 0.3 is 0 Å². The molecule has 1 heterocycles. The Labute approximate surface area is 153 Å². The van der Waals surface area contributed by atoms with Crippen LogP contribution in [-0.4, -0.2) is 60.2 Å². The number of hydrogen-bond acceptors (Lipinski definition) is 4. The number of rotatable bonds is 6. The molecule has 1 saturated heterocycles. The first-order valence-corrected chi connectivity index (χ1v) is 8.89. The second-order valence-corrected chi connectivity index (χ2v) is 6.17. The summed E-state index contributed by atoms with van der Waals surface area (Å²) < 4.78 is 0. The van der Waals surface area contributed by atoms with Crippen LogP contribution in [-0.2, 0) is 9.59 Å². The maximum atomic E-state index is 12.5. The summed E-state index contributed by atoms with van der Waals surface area (Å²) in [4.78, 5) is 39.6. The lowest BCUT2D eigenvalue weighted by Gasteiger charge is -2.35. The van der Waals surface area contributed by atoms with Gasteiger partial charge in [0.25, 0.3) is 5.91 Å². The molecule has 2 rings (SSSR count). The van der Waals surface area contributed by atoms with Crippen LogP contribution in [0, 0.1) is 11.3 Å². The Bertz CT molecular complexity index is 703. The molecule has 1 N–H and O–H groups in total. The molecule has 0 radical (unpaired) electrons. The summed E-state index contributed by atoms with van der Waals surface area (Å²) in [6.45, 7) is 4.38. The standard InChI is InChI=1S/C19H24N4O3/c1-2-21-17(24)7-4-8-18(25)22-9-11-23(12-10-22)19(26)16-6-3-5-15(13-16)14-20/h3,5-6,13H,2,4,7-12H2,1H3,(H,21,24). The van der Waals surface area contributed by atoms with Gasteiger partial charge in [-0.3, -0.25) is 14.4 Å². The van der Waals surface area contributed by atoms with Crippen molar-refractivity contribution in [3.8, 4) is 6.07 Å². The highest BCUT2D eigenvalue weighted by molar-refractivity contribution is 5.94. The number of nitrogens with zero attached hydrogens (tertiary/aromatic N) is 3. The third-order valence-electron chi connectivity index (χ3n) is 4.33. The number of carbonyl (C=O) groups is 3. The number of carbonyl (C=O) groups excluding carboxylic acids is 3. The summed E-state index contributed by atoms with van der Waals surface area (Å²) in [7, 11) is 0. The van der Waals surface area contributed by atoms with Gasteiger partial charge < -0.3 is 15.1 Å². The van der Waals surface area contributed by atoms with Gasteiger partial charge in [-0.25, -0.2) is 0 Å². The number of nitriles is 1. The lowest BCUT2D eigenvalue weighted by atomic mass is 10.1. The Hall–Kier alpha value is -2.88. The van der Waals surface area contributed by atoms with E-state index < -0.39 is 0 Å². The highest BCUT2D eigenvalue weighted by Crippen LogP contribution is 2.12. The molecule has 1 fully saturated rings. The predicted molar refractivity (Wildman–Crippen MR) is 96.2 cm³/mol. The molecule has 0 aromatic heterocycles. The zero-order valence-corrected chi connectivity index (χ0v) is 15.0. The molecule has 0 unspecified atom stereocenters. The number of piperazine rings is 1. The summed E-state index contributed by atoms with van der Waals surface area (Å²) >= 11 is 0. The largest absolute Gasteiger partial charge is 0.356 e. The zero-order valence-electron chi connectivity index (χ0n) is 15.0. The van der Waals surface area contributed by atoms with E-state index in [2.05, 4.69) is 5.32 Å². The smallest absolute Gasteiger partial charge is 0.254 e. The molecule has 3 amide bonds. The van der Waals surface area contributed by atoms with Crippen molar-refractivity contribution in [1.29, 1.82) is 5.26 Å². The molecule has 0 spiro atoms.